The standard InChI is InChI=1S/C31H36ClFN4O3/c1-21-11-12-23(26(32)17-21)19-28(35-31(39)40)30(38)37-15-13-36(14-16-37)29-10-6-4-7-24(29)18-22(2)34-20-25-8-3-5-9-27(25)33/h3-12,17,22,28,34-35H,13-16,18-20H2,1-2H3,(H,39,40). The van der Waals surface area contributed by atoms with Crippen LogP contribution in [0.5, 0.6) is 0 Å². The number of nitrogens with one attached hydrogen (secondary N) is 2. The number of carbonyl (C=O) groups excluding carboxylic acids is 1. The summed E-state index contributed by atoms with van der Waals surface area (Å²) < 4.78 is 14.0. The van der Waals surface area contributed by atoms with Gasteiger partial charge in [-0.05, 0) is 55.2 Å². The van der Waals surface area contributed by atoms with E-state index >= 15 is 0 Å². The van der Waals surface area contributed by atoms with E-state index in [-0.39, 0.29) is 24.2 Å². The molecule has 212 valence electrons. The summed E-state index contributed by atoms with van der Waals surface area (Å²) in [5, 5.41) is 15.7. The lowest BCUT2D eigenvalue weighted by molar-refractivity contribution is -0.133. The van der Waals surface area contributed by atoms with Crippen LogP contribution in [0.2, 0.25) is 5.02 Å². The second-order valence-corrected chi connectivity index (χ2v) is 10.7. The van der Waals surface area contributed by atoms with E-state index in [1.165, 1.54) is 11.6 Å². The molecule has 2 amide bonds. The molecule has 3 aromatic rings. The Morgan fingerprint density at radius 3 is 2.30 bits per heavy atom. The van der Waals surface area contributed by atoms with Crippen LogP contribution < -0.4 is 15.5 Å². The molecule has 2 unspecified atom stereocenters. The van der Waals surface area contributed by atoms with E-state index < -0.39 is 12.1 Å². The van der Waals surface area contributed by atoms with E-state index in [0.29, 0.717) is 43.3 Å². The normalized spacial score (nSPS) is 15.0. The minimum Gasteiger partial charge on any atom is -0.465 e. The Morgan fingerprint density at radius 2 is 1.62 bits per heavy atom. The number of nitrogens with zero attached hydrogens (tertiary/aromatic N) is 2. The second-order valence-electron chi connectivity index (χ2n) is 10.3. The van der Waals surface area contributed by atoms with Crippen LogP contribution in [-0.4, -0.2) is 60.3 Å². The number of carboxylic acid groups (broad SMARTS) is 1. The maximum atomic E-state index is 14.0. The Kier molecular flexibility index (Phi) is 10.0. The monoisotopic (exact) mass is 566 g/mol. The number of piperazine rings is 1. The summed E-state index contributed by atoms with van der Waals surface area (Å²) >= 11 is 6.37. The summed E-state index contributed by atoms with van der Waals surface area (Å²) in [6.45, 7) is 6.69. The van der Waals surface area contributed by atoms with Gasteiger partial charge in [-0.25, -0.2) is 9.18 Å². The van der Waals surface area contributed by atoms with Crippen molar-refractivity contribution in [3.63, 3.8) is 0 Å². The minimum atomic E-state index is -1.24. The molecule has 0 spiro atoms. The zero-order valence-electron chi connectivity index (χ0n) is 22.9. The highest BCUT2D eigenvalue weighted by Crippen LogP contribution is 2.24. The largest absolute Gasteiger partial charge is 0.465 e. The number of amides is 2. The van der Waals surface area contributed by atoms with Crippen LogP contribution in [0.25, 0.3) is 0 Å². The van der Waals surface area contributed by atoms with Crippen molar-refractivity contribution in [2.75, 3.05) is 31.1 Å². The first-order valence-corrected chi connectivity index (χ1v) is 13.9. The molecule has 0 radical (unpaired) electrons. The SMILES string of the molecule is Cc1ccc(CC(NC(=O)O)C(=O)N2CCN(c3ccccc3CC(C)NCc3ccccc3F)CC2)c(Cl)c1. The number of rotatable bonds is 10. The fourth-order valence-corrected chi connectivity index (χ4v) is 5.41. The molecule has 0 aliphatic carbocycles. The lowest BCUT2D eigenvalue weighted by Gasteiger charge is -2.38. The van der Waals surface area contributed by atoms with Crippen LogP contribution in [0, 0.1) is 12.7 Å². The van der Waals surface area contributed by atoms with Crippen LogP contribution >= 0.6 is 11.6 Å². The van der Waals surface area contributed by atoms with Gasteiger partial charge in [0, 0.05) is 61.5 Å². The molecule has 0 aromatic heterocycles. The highest BCUT2D eigenvalue weighted by molar-refractivity contribution is 6.31. The molecule has 0 bridgehead atoms. The molecule has 1 aliphatic heterocycles. The van der Waals surface area contributed by atoms with E-state index in [9.17, 15) is 19.1 Å². The van der Waals surface area contributed by atoms with Crippen LogP contribution in [0.3, 0.4) is 0 Å². The van der Waals surface area contributed by atoms with Crippen LogP contribution in [0.4, 0.5) is 14.9 Å². The number of para-hydroxylation sites is 1. The third-order valence-electron chi connectivity index (χ3n) is 7.28. The van der Waals surface area contributed by atoms with Gasteiger partial charge in [0.05, 0.1) is 0 Å². The molecule has 0 saturated carbocycles. The molecular formula is C31H36ClFN4O3. The molecule has 3 aromatic carbocycles. The van der Waals surface area contributed by atoms with Gasteiger partial charge in [0.1, 0.15) is 11.9 Å². The van der Waals surface area contributed by atoms with Gasteiger partial charge in [-0.15, -0.1) is 0 Å². The number of benzene rings is 3. The summed E-state index contributed by atoms with van der Waals surface area (Å²) in [5.41, 5.74) is 4.65. The van der Waals surface area contributed by atoms with Crippen LogP contribution in [-0.2, 0) is 24.2 Å². The average molecular weight is 567 g/mol. The van der Waals surface area contributed by atoms with Crippen molar-refractivity contribution >= 4 is 29.3 Å². The first kappa shape index (κ1) is 29.4. The van der Waals surface area contributed by atoms with Crippen molar-refractivity contribution in [3.05, 3.63) is 99.8 Å². The van der Waals surface area contributed by atoms with Crippen molar-refractivity contribution in [3.8, 4) is 0 Å². The van der Waals surface area contributed by atoms with Gasteiger partial charge in [0.15, 0.2) is 0 Å². The molecule has 1 saturated heterocycles. The molecule has 4 rings (SSSR count). The van der Waals surface area contributed by atoms with Gasteiger partial charge in [-0.2, -0.15) is 0 Å². The van der Waals surface area contributed by atoms with Crippen molar-refractivity contribution in [1.29, 1.82) is 0 Å². The summed E-state index contributed by atoms with van der Waals surface area (Å²) in [6, 6.07) is 19.7. The first-order chi connectivity index (χ1) is 19.2. The number of halogens is 2. The predicted octanol–water partition coefficient (Wildman–Crippen LogP) is 5.04. The smallest absolute Gasteiger partial charge is 0.405 e. The molecule has 40 heavy (non-hydrogen) atoms. The van der Waals surface area contributed by atoms with Crippen molar-refractivity contribution in [2.24, 2.45) is 0 Å². The summed E-state index contributed by atoms with van der Waals surface area (Å²) in [6.07, 6.45) is -0.289. The van der Waals surface area contributed by atoms with Gasteiger partial charge in [0.25, 0.3) is 0 Å². The molecule has 1 fully saturated rings. The maximum absolute atomic E-state index is 14.0. The van der Waals surface area contributed by atoms with E-state index in [1.807, 2.05) is 43.3 Å². The first-order valence-electron chi connectivity index (χ1n) is 13.5. The topological polar surface area (TPSA) is 84.9 Å². The van der Waals surface area contributed by atoms with Gasteiger partial charge >= 0.3 is 6.09 Å². The zero-order chi connectivity index (χ0) is 28.6. The highest BCUT2D eigenvalue weighted by Gasteiger charge is 2.30. The predicted molar refractivity (Wildman–Crippen MR) is 156 cm³/mol. The molecule has 1 aliphatic rings. The molecule has 3 N–H and O–H groups in total. The zero-order valence-corrected chi connectivity index (χ0v) is 23.6. The van der Waals surface area contributed by atoms with Crippen LogP contribution in [0.15, 0.2) is 66.7 Å². The summed E-state index contributed by atoms with van der Waals surface area (Å²) in [7, 11) is 0. The Hall–Kier alpha value is -3.62. The Labute approximate surface area is 239 Å². The number of hydrogen-bond donors (Lipinski definition) is 3. The number of anilines is 1. The number of hydrogen-bond acceptors (Lipinski definition) is 4. The highest BCUT2D eigenvalue weighted by atomic mass is 35.5. The van der Waals surface area contributed by atoms with E-state index in [0.717, 1.165) is 23.2 Å². The van der Waals surface area contributed by atoms with Crippen molar-refractivity contribution < 1.29 is 19.1 Å². The van der Waals surface area contributed by atoms with Gasteiger partial charge < -0.3 is 25.5 Å². The minimum absolute atomic E-state index is 0.125. The quantitative estimate of drug-likeness (QED) is 0.320. The fourth-order valence-electron chi connectivity index (χ4n) is 5.09. The molecule has 9 heteroatoms. The van der Waals surface area contributed by atoms with E-state index in [1.54, 1.807) is 17.0 Å². The molecule has 1 heterocycles. The lowest BCUT2D eigenvalue weighted by Crippen LogP contribution is -2.55. The van der Waals surface area contributed by atoms with Gasteiger partial charge in [-0.1, -0.05) is 60.1 Å². The Bertz CT molecular complexity index is 1330. The van der Waals surface area contributed by atoms with Crippen LogP contribution in [0.1, 0.15) is 29.2 Å². The third-order valence-corrected chi connectivity index (χ3v) is 7.63. The second kappa shape index (κ2) is 13.6. The lowest BCUT2D eigenvalue weighted by atomic mass is 10.0. The molecule has 2 atom stereocenters. The average Bonchev–Trinajstić information content (AvgIpc) is 2.93. The van der Waals surface area contributed by atoms with E-state index in [2.05, 4.69) is 34.6 Å². The third kappa shape index (κ3) is 7.73. The Morgan fingerprint density at radius 1 is 0.950 bits per heavy atom. The van der Waals surface area contributed by atoms with Crippen molar-refractivity contribution in [2.45, 2.75) is 45.3 Å². The summed E-state index contributed by atoms with van der Waals surface area (Å²) in [5.74, 6) is -0.462. The summed E-state index contributed by atoms with van der Waals surface area (Å²) in [4.78, 5) is 28.9. The number of carbonyl (C=O) groups is 2. The fraction of sp³-hybridized carbons (Fsp3) is 0.355. The molecule has 7 nitrogen and oxygen atoms in total. The van der Waals surface area contributed by atoms with E-state index in [4.69, 9.17) is 11.6 Å². The Balaban J connectivity index is 1.37. The molecular weight excluding hydrogens is 531 g/mol. The number of aryl methyl sites for hydroxylation is 1. The van der Waals surface area contributed by atoms with Gasteiger partial charge in [-0.3, -0.25) is 4.79 Å². The van der Waals surface area contributed by atoms with Crippen molar-refractivity contribution in [1.82, 2.24) is 15.5 Å². The van der Waals surface area contributed by atoms with Gasteiger partial charge in [0.2, 0.25) is 5.91 Å². The maximum Gasteiger partial charge on any atom is 0.405 e.